The monoisotopic (exact) mass is 422 g/mol. The number of aliphatic hydroxyl groups excluding tert-OH is 1. The van der Waals surface area contributed by atoms with Gasteiger partial charge in [0.25, 0.3) is 5.91 Å². The minimum absolute atomic E-state index is 0.0527. The van der Waals surface area contributed by atoms with Crippen molar-refractivity contribution in [3.63, 3.8) is 0 Å². The number of ether oxygens (including phenoxy) is 2. The van der Waals surface area contributed by atoms with Crippen LogP contribution in [-0.2, 0) is 4.74 Å². The first kappa shape index (κ1) is 21.3. The minimum atomic E-state index is -3.07. The Morgan fingerprint density at radius 2 is 2.10 bits per heavy atom. The second-order valence-corrected chi connectivity index (χ2v) is 14.1. The van der Waals surface area contributed by atoms with Gasteiger partial charge in [-0.1, -0.05) is 25.7 Å². The first-order valence-electron chi connectivity index (χ1n) is 9.43. The molecule has 2 aliphatic rings. The molecule has 0 saturated carbocycles. The topological polar surface area (TPSA) is 82.8 Å². The van der Waals surface area contributed by atoms with Crippen molar-refractivity contribution < 1.29 is 28.2 Å². The van der Waals surface area contributed by atoms with E-state index in [4.69, 9.17) is 4.74 Å². The molecule has 1 aliphatic carbocycles. The Morgan fingerprint density at radius 1 is 1.38 bits per heavy atom. The number of alkyl halides is 2. The maximum absolute atomic E-state index is 13.2. The lowest BCUT2D eigenvalue weighted by molar-refractivity contribution is -0.0505. The zero-order chi connectivity index (χ0) is 21.3. The average molecular weight is 423 g/mol. The van der Waals surface area contributed by atoms with E-state index in [0.29, 0.717) is 6.61 Å². The van der Waals surface area contributed by atoms with Gasteiger partial charge in [0.15, 0.2) is 0 Å². The van der Waals surface area contributed by atoms with Crippen LogP contribution in [0.5, 0.6) is 5.75 Å². The summed E-state index contributed by atoms with van der Waals surface area (Å²) < 4.78 is 36.2. The molecule has 0 unspecified atom stereocenters. The Hall–Kier alpha value is -2.44. The maximum atomic E-state index is 13.2. The Labute approximate surface area is 169 Å². The molecule has 1 heterocycles. The van der Waals surface area contributed by atoms with Gasteiger partial charge in [-0.05, 0) is 24.6 Å². The van der Waals surface area contributed by atoms with Crippen molar-refractivity contribution in [2.75, 3.05) is 13.3 Å². The Morgan fingerprint density at radius 3 is 2.72 bits per heavy atom. The summed E-state index contributed by atoms with van der Waals surface area (Å²) in [6.07, 6.45) is 0.217. The van der Waals surface area contributed by atoms with Gasteiger partial charge in [-0.2, -0.15) is 14.0 Å². The van der Waals surface area contributed by atoms with Crippen LogP contribution >= 0.6 is 0 Å². The Kier molecular flexibility index (Phi) is 5.96. The molecule has 0 radical (unpaired) electrons. The molecule has 0 spiro atoms. The van der Waals surface area contributed by atoms with Crippen molar-refractivity contribution in [3.05, 3.63) is 40.7 Å². The zero-order valence-corrected chi connectivity index (χ0v) is 17.6. The van der Waals surface area contributed by atoms with E-state index in [2.05, 4.69) is 24.4 Å². The summed E-state index contributed by atoms with van der Waals surface area (Å²) in [5.74, 6) is -1.50. The third-order valence-corrected chi connectivity index (χ3v) is 6.95. The second kappa shape index (κ2) is 8.12. The standard InChI is InChI=1S/C20H24F2N2O4Si/c1-29(2,3)8-7-27-11-24-15-9-13(14(10-23)18(15)25)17-12(19(24)26)5-4-6-16(17)28-20(21)22/h4-6,13,15,20,25H,7-9,11H2,1-3H3/t13-,15+/m0/s1. The fourth-order valence-corrected chi connectivity index (χ4v) is 4.51. The number of halogens is 2. The summed E-state index contributed by atoms with van der Waals surface area (Å²) in [4.78, 5) is 14.6. The number of nitrogens with zero attached hydrogens (tertiary/aromatic N) is 2. The van der Waals surface area contributed by atoms with Crippen molar-refractivity contribution in [2.45, 2.75) is 50.7 Å². The number of rotatable bonds is 7. The van der Waals surface area contributed by atoms with Crippen LogP contribution in [0.15, 0.2) is 29.5 Å². The van der Waals surface area contributed by atoms with E-state index in [1.165, 1.54) is 23.1 Å². The second-order valence-electron chi connectivity index (χ2n) is 8.43. The van der Waals surface area contributed by atoms with Gasteiger partial charge >= 0.3 is 6.61 Å². The number of allylic oxidation sites excluding steroid dienone is 1. The molecule has 0 saturated heterocycles. The highest BCUT2D eigenvalue weighted by Gasteiger charge is 2.46. The Balaban J connectivity index is 1.97. The number of amides is 1. The van der Waals surface area contributed by atoms with Gasteiger partial charge in [0.2, 0.25) is 0 Å². The third kappa shape index (κ3) is 4.28. The summed E-state index contributed by atoms with van der Waals surface area (Å²) in [6.45, 7) is 3.99. The van der Waals surface area contributed by atoms with Crippen LogP contribution in [0, 0.1) is 11.3 Å². The van der Waals surface area contributed by atoms with Crippen LogP contribution in [0.2, 0.25) is 25.7 Å². The number of fused-ring (bicyclic) bond motifs is 4. The fourth-order valence-electron chi connectivity index (χ4n) is 3.76. The molecule has 1 amide bonds. The lowest BCUT2D eigenvalue weighted by Crippen LogP contribution is -2.41. The highest BCUT2D eigenvalue weighted by molar-refractivity contribution is 6.76. The van der Waals surface area contributed by atoms with E-state index in [1.54, 1.807) is 0 Å². The molecule has 156 valence electrons. The van der Waals surface area contributed by atoms with Gasteiger partial charge in [-0.25, -0.2) is 0 Å². The molecule has 0 fully saturated rings. The summed E-state index contributed by atoms with van der Waals surface area (Å²) in [5, 5.41) is 20.1. The third-order valence-electron chi connectivity index (χ3n) is 5.24. The largest absolute Gasteiger partial charge is 0.509 e. The quantitative estimate of drug-likeness (QED) is 0.525. The summed E-state index contributed by atoms with van der Waals surface area (Å²) in [5.41, 5.74) is 0.471. The molecular weight excluding hydrogens is 398 g/mol. The van der Waals surface area contributed by atoms with Gasteiger partial charge in [-0.3, -0.25) is 4.79 Å². The predicted octanol–water partition coefficient (Wildman–Crippen LogP) is 4.25. The predicted molar refractivity (Wildman–Crippen MR) is 105 cm³/mol. The van der Waals surface area contributed by atoms with Crippen LogP contribution in [0.25, 0.3) is 0 Å². The first-order chi connectivity index (χ1) is 13.6. The highest BCUT2D eigenvalue weighted by Crippen LogP contribution is 2.48. The van der Waals surface area contributed by atoms with E-state index in [0.717, 1.165) is 6.04 Å². The summed E-state index contributed by atoms with van der Waals surface area (Å²) in [6, 6.07) is 6.48. The molecule has 1 aliphatic heterocycles. The van der Waals surface area contributed by atoms with Crippen LogP contribution in [0.3, 0.4) is 0 Å². The number of carbonyl (C=O) groups is 1. The minimum Gasteiger partial charge on any atom is -0.509 e. The van der Waals surface area contributed by atoms with E-state index in [-0.39, 0.29) is 41.4 Å². The van der Waals surface area contributed by atoms with Crippen molar-refractivity contribution in [2.24, 2.45) is 0 Å². The van der Waals surface area contributed by atoms with Crippen molar-refractivity contribution in [1.29, 1.82) is 5.26 Å². The van der Waals surface area contributed by atoms with Gasteiger partial charge in [-0.15, -0.1) is 0 Å². The number of nitriles is 1. The van der Waals surface area contributed by atoms with E-state index in [1.807, 2.05) is 6.07 Å². The van der Waals surface area contributed by atoms with Crippen LogP contribution in [-0.4, -0.2) is 50.0 Å². The molecular formula is C20H24F2N2O4Si. The zero-order valence-electron chi connectivity index (χ0n) is 16.6. The maximum Gasteiger partial charge on any atom is 0.387 e. The molecule has 2 atom stereocenters. The number of hydrogen-bond acceptors (Lipinski definition) is 5. The number of aliphatic hydroxyl groups is 1. The van der Waals surface area contributed by atoms with Gasteiger partial charge in [0.05, 0.1) is 17.7 Å². The highest BCUT2D eigenvalue weighted by atomic mass is 28.3. The normalized spacial score (nSPS) is 21.3. The van der Waals surface area contributed by atoms with Crippen LogP contribution in [0.1, 0.15) is 28.3 Å². The van der Waals surface area contributed by atoms with Crippen molar-refractivity contribution in [3.8, 4) is 11.8 Å². The molecule has 3 rings (SSSR count). The lowest BCUT2D eigenvalue weighted by Gasteiger charge is -2.29. The van der Waals surface area contributed by atoms with E-state index < -0.39 is 32.6 Å². The molecule has 1 N–H and O–H groups in total. The first-order valence-corrected chi connectivity index (χ1v) is 13.1. The molecule has 0 aromatic heterocycles. The molecule has 1 aromatic rings. The SMILES string of the molecule is C[Si](C)(C)CCOCN1C(=O)c2cccc(OC(F)F)c2[C@H]2C[C@@H]1C(O)=C2C#N. The van der Waals surface area contributed by atoms with Crippen LogP contribution < -0.4 is 4.74 Å². The molecule has 1 aromatic carbocycles. The fraction of sp³-hybridized carbons (Fsp3) is 0.500. The van der Waals surface area contributed by atoms with Crippen LogP contribution in [0.4, 0.5) is 8.78 Å². The molecule has 29 heavy (non-hydrogen) atoms. The Bertz CT molecular complexity index is 876. The summed E-state index contributed by atoms with van der Waals surface area (Å²) >= 11 is 0. The number of benzene rings is 1. The summed E-state index contributed by atoms with van der Waals surface area (Å²) in [7, 11) is -1.32. The molecule has 9 heteroatoms. The lowest BCUT2D eigenvalue weighted by atomic mass is 9.89. The smallest absolute Gasteiger partial charge is 0.387 e. The molecule has 2 bridgehead atoms. The average Bonchev–Trinajstić information content (AvgIpc) is 2.89. The number of hydrogen-bond donors (Lipinski definition) is 1. The number of carbonyl (C=O) groups excluding carboxylic acids is 1. The van der Waals surface area contributed by atoms with Crippen molar-refractivity contribution >= 4 is 14.0 Å². The van der Waals surface area contributed by atoms with Gasteiger partial charge in [0, 0.05) is 31.7 Å². The van der Waals surface area contributed by atoms with E-state index in [9.17, 15) is 23.9 Å². The van der Waals surface area contributed by atoms with Crippen molar-refractivity contribution in [1.82, 2.24) is 4.90 Å². The van der Waals surface area contributed by atoms with Gasteiger partial charge < -0.3 is 19.5 Å². The molecule has 6 nitrogen and oxygen atoms in total. The van der Waals surface area contributed by atoms with E-state index >= 15 is 0 Å². The van der Waals surface area contributed by atoms with Gasteiger partial charge in [0.1, 0.15) is 18.2 Å².